The summed E-state index contributed by atoms with van der Waals surface area (Å²) in [5.74, 6) is 0.496. The molecule has 1 aliphatic carbocycles. The zero-order valence-corrected chi connectivity index (χ0v) is 15.2. The Hall–Kier alpha value is -0.370. The Morgan fingerprint density at radius 3 is 2.14 bits per heavy atom. The highest BCUT2D eigenvalue weighted by Gasteiger charge is 2.35. The summed E-state index contributed by atoms with van der Waals surface area (Å²) < 4.78 is 0. The number of hydrogen-bond acceptors (Lipinski definition) is 2. The van der Waals surface area contributed by atoms with Crippen molar-refractivity contribution in [3.63, 3.8) is 0 Å². The molecule has 0 radical (unpaired) electrons. The predicted octanol–water partition coefficient (Wildman–Crippen LogP) is 5.52. The van der Waals surface area contributed by atoms with E-state index in [-0.39, 0.29) is 5.41 Å². The lowest BCUT2D eigenvalue weighted by molar-refractivity contribution is -0.115. The van der Waals surface area contributed by atoms with E-state index >= 15 is 0 Å². The fraction of sp³-hybridized carbons (Fsp3) is 0.950. The summed E-state index contributed by atoms with van der Waals surface area (Å²) in [6.45, 7) is 6.78. The second-order valence-corrected chi connectivity index (χ2v) is 8.66. The summed E-state index contributed by atoms with van der Waals surface area (Å²) in [6, 6.07) is 0. The van der Waals surface area contributed by atoms with E-state index in [4.69, 9.17) is 0 Å². The molecule has 0 heterocycles. The average Bonchev–Trinajstić information content (AvgIpc) is 3.22. The molecule has 0 saturated heterocycles. The number of unbranched alkanes of at least 4 members (excludes halogenated alkanes) is 4. The molecule has 0 amide bonds. The van der Waals surface area contributed by atoms with Crippen LogP contribution in [0.1, 0.15) is 97.8 Å². The minimum absolute atomic E-state index is 0.158. The van der Waals surface area contributed by atoms with Crippen LogP contribution in [0.5, 0.6) is 0 Å². The van der Waals surface area contributed by atoms with Crippen molar-refractivity contribution in [1.82, 2.24) is 0 Å². The second-order valence-electron chi connectivity index (χ2n) is 8.66. The maximum absolute atomic E-state index is 10.8. The monoisotopic (exact) mass is 310 g/mol. The maximum atomic E-state index is 10.8. The summed E-state index contributed by atoms with van der Waals surface area (Å²) in [4.78, 5) is 10.8. The molecule has 1 aliphatic rings. The lowest BCUT2D eigenvalue weighted by Crippen LogP contribution is -2.12. The topological polar surface area (TPSA) is 37.3 Å². The molecule has 0 aromatic rings. The van der Waals surface area contributed by atoms with E-state index in [2.05, 4.69) is 6.92 Å². The Balaban J connectivity index is 1.96. The molecule has 1 fully saturated rings. The van der Waals surface area contributed by atoms with Gasteiger partial charge in [-0.05, 0) is 49.9 Å². The van der Waals surface area contributed by atoms with Gasteiger partial charge >= 0.3 is 0 Å². The van der Waals surface area contributed by atoms with Crippen molar-refractivity contribution in [2.45, 2.75) is 97.8 Å². The molecule has 1 unspecified atom stereocenters. The van der Waals surface area contributed by atoms with E-state index < -0.39 is 0 Å². The first-order valence-corrected chi connectivity index (χ1v) is 9.48. The first-order chi connectivity index (χ1) is 10.4. The van der Waals surface area contributed by atoms with E-state index in [1.165, 1.54) is 57.8 Å². The van der Waals surface area contributed by atoms with Crippen LogP contribution in [0.2, 0.25) is 0 Å². The lowest BCUT2D eigenvalue weighted by Gasteiger charge is -2.17. The van der Waals surface area contributed by atoms with E-state index in [1.807, 2.05) is 13.8 Å². The smallest absolute Gasteiger partial charge is 0.125 e. The first-order valence-electron chi connectivity index (χ1n) is 9.48. The van der Waals surface area contributed by atoms with Crippen LogP contribution >= 0.6 is 0 Å². The normalized spacial score (nSPS) is 18.2. The van der Waals surface area contributed by atoms with Gasteiger partial charge in [0.2, 0.25) is 0 Å². The van der Waals surface area contributed by atoms with Gasteiger partial charge in [0.05, 0.1) is 0 Å². The van der Waals surface area contributed by atoms with E-state index in [0.717, 1.165) is 25.5 Å². The number of hydrogen-bond donors (Lipinski definition) is 1. The summed E-state index contributed by atoms with van der Waals surface area (Å²) in [6.07, 6.45) is 16.2. The summed E-state index contributed by atoms with van der Waals surface area (Å²) in [5, 5.41) is 9.50. The van der Waals surface area contributed by atoms with Gasteiger partial charge in [0.15, 0.2) is 0 Å². The second kappa shape index (κ2) is 9.70. The average molecular weight is 311 g/mol. The molecule has 22 heavy (non-hydrogen) atoms. The molecule has 1 saturated carbocycles. The molecule has 2 heteroatoms. The Morgan fingerprint density at radius 1 is 1.05 bits per heavy atom. The fourth-order valence-electron chi connectivity index (χ4n) is 3.20. The zero-order valence-electron chi connectivity index (χ0n) is 15.2. The summed E-state index contributed by atoms with van der Waals surface area (Å²) in [5.41, 5.74) is 0.542. The van der Waals surface area contributed by atoms with E-state index in [0.29, 0.717) is 17.9 Å². The predicted molar refractivity (Wildman–Crippen MR) is 93.9 cm³/mol. The van der Waals surface area contributed by atoms with Gasteiger partial charge in [0.25, 0.3) is 0 Å². The maximum Gasteiger partial charge on any atom is 0.125 e. The van der Waals surface area contributed by atoms with Crippen molar-refractivity contribution in [3.05, 3.63) is 0 Å². The molecule has 1 atom stereocenters. The SMILES string of the molecule is CC(C)(C=O)CCCCCC(CO)CCCCCC1(C)CC1. The van der Waals surface area contributed by atoms with Crippen LogP contribution < -0.4 is 0 Å². The summed E-state index contributed by atoms with van der Waals surface area (Å²) in [7, 11) is 0. The molecule has 0 aliphatic heterocycles. The zero-order chi connectivity index (χ0) is 16.5. The van der Waals surface area contributed by atoms with Crippen molar-refractivity contribution >= 4 is 6.29 Å². The highest BCUT2D eigenvalue weighted by Crippen LogP contribution is 2.49. The number of aliphatic hydroxyl groups excluding tert-OH is 1. The van der Waals surface area contributed by atoms with Crippen LogP contribution in [-0.2, 0) is 4.79 Å². The first kappa shape index (κ1) is 19.7. The molecule has 1 rings (SSSR count). The van der Waals surface area contributed by atoms with Crippen molar-refractivity contribution in [2.24, 2.45) is 16.7 Å². The van der Waals surface area contributed by atoms with Crippen molar-refractivity contribution in [3.8, 4) is 0 Å². The van der Waals surface area contributed by atoms with Crippen LogP contribution in [-0.4, -0.2) is 18.0 Å². The number of aliphatic hydroxyl groups is 1. The highest BCUT2D eigenvalue weighted by molar-refractivity contribution is 5.57. The quantitative estimate of drug-likeness (QED) is 0.339. The van der Waals surface area contributed by atoms with Gasteiger partial charge in [-0.1, -0.05) is 59.3 Å². The Bertz CT molecular complexity index is 305. The third kappa shape index (κ3) is 8.92. The van der Waals surface area contributed by atoms with Gasteiger partial charge in [0.1, 0.15) is 6.29 Å². The van der Waals surface area contributed by atoms with Crippen LogP contribution in [0.4, 0.5) is 0 Å². The van der Waals surface area contributed by atoms with Gasteiger partial charge in [0, 0.05) is 12.0 Å². The number of carbonyl (C=O) groups is 1. The molecular weight excluding hydrogens is 272 g/mol. The van der Waals surface area contributed by atoms with Crippen LogP contribution in [0.15, 0.2) is 0 Å². The largest absolute Gasteiger partial charge is 0.396 e. The van der Waals surface area contributed by atoms with Gasteiger partial charge in [-0.15, -0.1) is 0 Å². The molecule has 1 N–H and O–H groups in total. The Morgan fingerprint density at radius 2 is 1.64 bits per heavy atom. The van der Waals surface area contributed by atoms with E-state index in [1.54, 1.807) is 0 Å². The van der Waals surface area contributed by atoms with Crippen LogP contribution in [0.3, 0.4) is 0 Å². The third-order valence-electron chi connectivity index (χ3n) is 5.51. The molecule has 0 aromatic heterocycles. The molecule has 0 bridgehead atoms. The molecular formula is C20H38O2. The van der Waals surface area contributed by atoms with E-state index in [9.17, 15) is 9.90 Å². The van der Waals surface area contributed by atoms with Crippen molar-refractivity contribution < 1.29 is 9.90 Å². The molecule has 2 nitrogen and oxygen atoms in total. The Labute approximate surface area is 138 Å². The van der Waals surface area contributed by atoms with Gasteiger partial charge in [-0.3, -0.25) is 0 Å². The molecule has 130 valence electrons. The highest BCUT2D eigenvalue weighted by atomic mass is 16.3. The lowest BCUT2D eigenvalue weighted by atomic mass is 9.88. The van der Waals surface area contributed by atoms with Gasteiger partial charge in [-0.2, -0.15) is 0 Å². The van der Waals surface area contributed by atoms with Crippen LogP contribution in [0, 0.1) is 16.7 Å². The fourth-order valence-corrected chi connectivity index (χ4v) is 3.20. The number of carbonyl (C=O) groups excluding carboxylic acids is 1. The Kier molecular flexibility index (Phi) is 8.67. The summed E-state index contributed by atoms with van der Waals surface area (Å²) >= 11 is 0. The van der Waals surface area contributed by atoms with Crippen molar-refractivity contribution in [2.75, 3.05) is 6.61 Å². The standard InChI is InChI=1S/C20H38O2/c1-19(2,17-22)12-8-4-6-10-18(16-21)11-7-5-9-13-20(3)14-15-20/h17-18,21H,4-16H2,1-3H3. The van der Waals surface area contributed by atoms with Crippen LogP contribution in [0.25, 0.3) is 0 Å². The number of aldehydes is 1. The minimum atomic E-state index is -0.158. The third-order valence-corrected chi connectivity index (χ3v) is 5.51. The van der Waals surface area contributed by atoms with Gasteiger partial charge < -0.3 is 9.90 Å². The molecule has 0 aromatic carbocycles. The minimum Gasteiger partial charge on any atom is -0.396 e. The van der Waals surface area contributed by atoms with Crippen molar-refractivity contribution in [1.29, 1.82) is 0 Å². The van der Waals surface area contributed by atoms with Gasteiger partial charge in [-0.25, -0.2) is 0 Å². The molecule has 0 spiro atoms. The number of rotatable bonds is 14.